The molecule has 3 N–H and O–H groups in total. The zero-order valence-corrected chi connectivity index (χ0v) is 49.2. The Hall–Kier alpha value is -1.14. The molecule has 0 aliphatic heterocycles. The first-order valence-corrected chi connectivity index (χ1v) is 33.3. The standard InChI is InChI=1S/C66H131NO5/c1-3-5-7-9-11-13-15-17-19-21-26-30-34-38-42-46-50-54-58-64(69)63(62-68)67-65(70)59-55-51-47-43-39-35-31-27-24-23-25-29-33-37-41-45-49-53-57-61-72-66(71)60-56-52-48-44-40-36-32-28-22-20-18-16-14-12-10-8-6-4-2/h63-64,68-69H,3-62H2,1-2H3,(H,67,70). The number of ether oxygens (including phenoxy) is 1. The maximum absolute atomic E-state index is 12.5. The predicted octanol–water partition coefficient (Wildman–Crippen LogP) is 21.0. The number of nitrogens with one attached hydrogen (secondary N) is 1. The van der Waals surface area contributed by atoms with Crippen molar-refractivity contribution in [3.05, 3.63) is 0 Å². The third-order valence-corrected chi connectivity index (χ3v) is 15.9. The molecule has 0 aromatic heterocycles. The van der Waals surface area contributed by atoms with Crippen LogP contribution in [0.1, 0.15) is 386 Å². The van der Waals surface area contributed by atoms with E-state index in [1.165, 1.54) is 315 Å². The Bertz CT molecular complexity index is 1040. The lowest BCUT2D eigenvalue weighted by atomic mass is 10.0. The number of carbonyl (C=O) groups is 2. The molecule has 72 heavy (non-hydrogen) atoms. The number of carbonyl (C=O) groups excluding carboxylic acids is 2. The average molecular weight is 1020 g/mol. The van der Waals surface area contributed by atoms with Gasteiger partial charge in [-0.25, -0.2) is 0 Å². The number of hydrogen-bond donors (Lipinski definition) is 3. The summed E-state index contributed by atoms with van der Waals surface area (Å²) in [6.45, 7) is 4.99. The minimum absolute atomic E-state index is 0.0149. The Kier molecular flexibility index (Phi) is 61.4. The number of rotatable bonds is 63. The first-order valence-electron chi connectivity index (χ1n) is 33.3. The monoisotopic (exact) mass is 1020 g/mol. The fourth-order valence-corrected chi connectivity index (χ4v) is 10.8. The Balaban J connectivity index is 3.37. The number of aliphatic hydroxyl groups is 2. The smallest absolute Gasteiger partial charge is 0.305 e. The molecule has 0 aromatic rings. The lowest BCUT2D eigenvalue weighted by Gasteiger charge is -2.22. The van der Waals surface area contributed by atoms with Crippen molar-refractivity contribution in [3.8, 4) is 0 Å². The summed E-state index contributed by atoms with van der Waals surface area (Å²) in [4.78, 5) is 24.6. The van der Waals surface area contributed by atoms with Gasteiger partial charge < -0.3 is 20.3 Å². The van der Waals surface area contributed by atoms with Gasteiger partial charge in [0.25, 0.3) is 0 Å². The van der Waals surface area contributed by atoms with Gasteiger partial charge in [0.15, 0.2) is 0 Å². The first-order chi connectivity index (χ1) is 35.5. The van der Waals surface area contributed by atoms with Gasteiger partial charge in [0.2, 0.25) is 5.91 Å². The summed E-state index contributed by atoms with van der Waals surface area (Å²) in [6, 6.07) is -0.543. The van der Waals surface area contributed by atoms with Crippen molar-refractivity contribution in [1.82, 2.24) is 5.32 Å². The highest BCUT2D eigenvalue weighted by molar-refractivity contribution is 5.76. The highest BCUT2D eigenvalue weighted by Crippen LogP contribution is 2.19. The van der Waals surface area contributed by atoms with Gasteiger partial charge in [-0.2, -0.15) is 0 Å². The molecule has 0 saturated heterocycles. The largest absolute Gasteiger partial charge is 0.466 e. The second kappa shape index (κ2) is 62.4. The summed E-state index contributed by atoms with van der Waals surface area (Å²) < 4.78 is 5.50. The topological polar surface area (TPSA) is 95.9 Å². The van der Waals surface area contributed by atoms with E-state index in [-0.39, 0.29) is 18.5 Å². The number of amides is 1. The van der Waals surface area contributed by atoms with Crippen LogP contribution in [0.2, 0.25) is 0 Å². The van der Waals surface area contributed by atoms with Crippen LogP contribution in [-0.2, 0) is 14.3 Å². The molecule has 0 fully saturated rings. The van der Waals surface area contributed by atoms with Gasteiger partial charge in [0.05, 0.1) is 25.4 Å². The van der Waals surface area contributed by atoms with Gasteiger partial charge in [0.1, 0.15) is 0 Å². The zero-order chi connectivity index (χ0) is 52.2. The third kappa shape index (κ3) is 58.1. The van der Waals surface area contributed by atoms with Crippen LogP contribution >= 0.6 is 0 Å². The molecule has 0 bridgehead atoms. The van der Waals surface area contributed by atoms with E-state index < -0.39 is 12.1 Å². The summed E-state index contributed by atoms with van der Waals surface area (Å²) in [7, 11) is 0. The molecule has 0 saturated carbocycles. The molecule has 6 nitrogen and oxygen atoms in total. The maximum Gasteiger partial charge on any atom is 0.305 e. The molecular weight excluding hydrogens is 887 g/mol. The molecule has 430 valence electrons. The Labute approximate surface area is 451 Å². The van der Waals surface area contributed by atoms with E-state index in [1.54, 1.807) is 0 Å². The van der Waals surface area contributed by atoms with Gasteiger partial charge in [0, 0.05) is 12.8 Å². The molecule has 1 amide bonds. The molecule has 0 rings (SSSR count). The summed E-state index contributed by atoms with van der Waals surface area (Å²) >= 11 is 0. The lowest BCUT2D eigenvalue weighted by molar-refractivity contribution is -0.143. The molecule has 6 heteroatoms. The fourth-order valence-electron chi connectivity index (χ4n) is 10.8. The van der Waals surface area contributed by atoms with E-state index in [0.717, 1.165) is 38.5 Å². The van der Waals surface area contributed by atoms with Gasteiger partial charge in [-0.3, -0.25) is 9.59 Å². The van der Waals surface area contributed by atoms with Crippen LogP contribution in [0.15, 0.2) is 0 Å². The van der Waals surface area contributed by atoms with Gasteiger partial charge >= 0.3 is 5.97 Å². The number of aliphatic hydroxyl groups excluding tert-OH is 2. The first kappa shape index (κ1) is 70.9. The highest BCUT2D eigenvalue weighted by Gasteiger charge is 2.20. The number of esters is 1. The van der Waals surface area contributed by atoms with E-state index >= 15 is 0 Å². The molecule has 0 radical (unpaired) electrons. The molecule has 0 aliphatic carbocycles. The van der Waals surface area contributed by atoms with Crippen molar-refractivity contribution >= 4 is 11.9 Å². The molecule has 0 heterocycles. The summed E-state index contributed by atoms with van der Waals surface area (Å²) in [5.41, 5.74) is 0. The second-order valence-electron chi connectivity index (χ2n) is 23.2. The van der Waals surface area contributed by atoms with Crippen LogP contribution in [0, 0.1) is 0 Å². The van der Waals surface area contributed by atoms with Crippen molar-refractivity contribution in [1.29, 1.82) is 0 Å². The van der Waals surface area contributed by atoms with Crippen LogP contribution < -0.4 is 5.32 Å². The van der Waals surface area contributed by atoms with Gasteiger partial charge in [-0.1, -0.05) is 348 Å². The van der Waals surface area contributed by atoms with E-state index in [1.807, 2.05) is 0 Å². The van der Waals surface area contributed by atoms with Crippen molar-refractivity contribution in [2.45, 2.75) is 398 Å². The SMILES string of the molecule is CCCCCCCCCCCCCCCCCCCCC(=O)OCCCCCCCCCCCCCCCCCCCCCC(=O)NC(CO)C(O)CCCCCCCCCCCCCCCCCCCC. The van der Waals surface area contributed by atoms with Crippen LogP contribution in [0.4, 0.5) is 0 Å². The van der Waals surface area contributed by atoms with Gasteiger partial charge in [-0.15, -0.1) is 0 Å². The average Bonchev–Trinajstić information content (AvgIpc) is 3.38. The summed E-state index contributed by atoms with van der Waals surface area (Å²) in [6.07, 6.45) is 74.1. The molecule has 0 aliphatic rings. The Morgan fingerprint density at radius 1 is 0.333 bits per heavy atom. The maximum atomic E-state index is 12.5. The molecule has 0 spiro atoms. The highest BCUT2D eigenvalue weighted by atomic mass is 16.5. The minimum Gasteiger partial charge on any atom is -0.466 e. The Morgan fingerprint density at radius 3 is 0.847 bits per heavy atom. The van der Waals surface area contributed by atoms with E-state index in [9.17, 15) is 19.8 Å². The molecule has 2 unspecified atom stereocenters. The van der Waals surface area contributed by atoms with E-state index in [4.69, 9.17) is 4.74 Å². The fraction of sp³-hybridized carbons (Fsp3) is 0.970. The normalized spacial score (nSPS) is 12.4. The third-order valence-electron chi connectivity index (χ3n) is 15.9. The second-order valence-corrected chi connectivity index (χ2v) is 23.2. The predicted molar refractivity (Wildman–Crippen MR) is 315 cm³/mol. The van der Waals surface area contributed by atoms with Crippen molar-refractivity contribution < 1.29 is 24.5 Å². The van der Waals surface area contributed by atoms with Crippen molar-refractivity contribution in [3.63, 3.8) is 0 Å². The quantitative estimate of drug-likeness (QED) is 0.0417. The summed E-state index contributed by atoms with van der Waals surface area (Å²) in [5.74, 6) is -0.0184. The lowest BCUT2D eigenvalue weighted by Crippen LogP contribution is -2.45. The zero-order valence-electron chi connectivity index (χ0n) is 49.2. The van der Waals surface area contributed by atoms with E-state index in [2.05, 4.69) is 19.2 Å². The number of hydrogen-bond acceptors (Lipinski definition) is 5. The Morgan fingerprint density at radius 2 is 0.569 bits per heavy atom. The van der Waals surface area contributed by atoms with Crippen LogP contribution in [0.25, 0.3) is 0 Å². The van der Waals surface area contributed by atoms with Crippen molar-refractivity contribution in [2.75, 3.05) is 13.2 Å². The molecule has 2 atom stereocenters. The molecular formula is C66H131NO5. The van der Waals surface area contributed by atoms with E-state index in [0.29, 0.717) is 25.9 Å². The van der Waals surface area contributed by atoms with Crippen LogP contribution in [0.3, 0.4) is 0 Å². The van der Waals surface area contributed by atoms with Gasteiger partial charge in [-0.05, 0) is 25.7 Å². The molecule has 0 aromatic carbocycles. The van der Waals surface area contributed by atoms with Crippen LogP contribution in [0.5, 0.6) is 0 Å². The van der Waals surface area contributed by atoms with Crippen molar-refractivity contribution in [2.24, 2.45) is 0 Å². The number of unbranched alkanes of at least 4 members (excludes halogenated alkanes) is 52. The van der Waals surface area contributed by atoms with Crippen LogP contribution in [-0.4, -0.2) is 47.4 Å². The summed E-state index contributed by atoms with van der Waals surface area (Å²) in [5, 5.41) is 23.4. The minimum atomic E-state index is -0.666.